The molecule has 4 heteroatoms. The van der Waals surface area contributed by atoms with Gasteiger partial charge in [-0.3, -0.25) is 9.59 Å². The second-order valence-electron chi connectivity index (χ2n) is 3.10. The van der Waals surface area contributed by atoms with E-state index in [2.05, 4.69) is 0 Å². The molecule has 4 N–H and O–H groups in total. The minimum Gasteiger partial charge on any atom is -0.330 e. The lowest BCUT2D eigenvalue weighted by Crippen LogP contribution is -2.01. The Kier molecular flexibility index (Phi) is 13.8. The summed E-state index contributed by atoms with van der Waals surface area (Å²) in [5, 5.41) is 0. The van der Waals surface area contributed by atoms with E-state index in [1.165, 1.54) is 26.7 Å². The summed E-state index contributed by atoms with van der Waals surface area (Å²) < 4.78 is 0. The maximum Gasteiger partial charge on any atom is 0.195 e. The lowest BCUT2D eigenvalue weighted by Gasteiger charge is -1.94. The van der Waals surface area contributed by atoms with Gasteiger partial charge in [0.15, 0.2) is 11.6 Å². The lowest BCUT2D eigenvalue weighted by molar-refractivity contribution is -0.134. The molecule has 0 unspecified atom stereocenters. The van der Waals surface area contributed by atoms with E-state index in [4.69, 9.17) is 11.5 Å². The van der Waals surface area contributed by atoms with Crippen LogP contribution in [0.5, 0.6) is 0 Å². The van der Waals surface area contributed by atoms with Gasteiger partial charge in [-0.1, -0.05) is 12.8 Å². The summed E-state index contributed by atoms with van der Waals surface area (Å²) in [5.41, 5.74) is 10.6. The molecule has 0 heterocycles. The average molecular weight is 202 g/mol. The molecule has 0 aromatic heterocycles. The molecule has 0 aliphatic rings. The van der Waals surface area contributed by atoms with Crippen LogP contribution in [0.2, 0.25) is 0 Å². The molecule has 84 valence electrons. The summed E-state index contributed by atoms with van der Waals surface area (Å²) in [6.07, 6.45) is 4.79. The van der Waals surface area contributed by atoms with E-state index >= 15 is 0 Å². The van der Waals surface area contributed by atoms with E-state index in [1.807, 2.05) is 0 Å². The summed E-state index contributed by atoms with van der Waals surface area (Å²) in [5.74, 6) is -0.759. The van der Waals surface area contributed by atoms with Gasteiger partial charge >= 0.3 is 0 Å². The summed E-state index contributed by atoms with van der Waals surface area (Å²) in [6.45, 7) is 4.15. The Hall–Kier alpha value is -0.740. The zero-order chi connectivity index (χ0) is 11.4. The van der Waals surface area contributed by atoms with Crippen LogP contribution < -0.4 is 11.5 Å². The Labute approximate surface area is 86.0 Å². The van der Waals surface area contributed by atoms with Crippen LogP contribution in [0.15, 0.2) is 0 Å². The molecule has 0 fully saturated rings. The van der Waals surface area contributed by atoms with Crippen LogP contribution in [0, 0.1) is 0 Å². The van der Waals surface area contributed by atoms with E-state index < -0.39 is 0 Å². The highest BCUT2D eigenvalue weighted by Gasteiger charge is 1.94. The first-order valence-electron chi connectivity index (χ1n) is 4.97. The van der Waals surface area contributed by atoms with Crippen LogP contribution in [-0.2, 0) is 9.59 Å². The number of hydrogen-bond acceptors (Lipinski definition) is 4. The molecule has 0 radical (unpaired) electrons. The Bertz CT molecular complexity index is 140. The van der Waals surface area contributed by atoms with Crippen LogP contribution in [-0.4, -0.2) is 24.7 Å². The van der Waals surface area contributed by atoms with E-state index in [-0.39, 0.29) is 11.6 Å². The second-order valence-corrected chi connectivity index (χ2v) is 3.10. The van der Waals surface area contributed by atoms with Crippen LogP contribution in [0.25, 0.3) is 0 Å². The van der Waals surface area contributed by atoms with Crippen molar-refractivity contribution in [2.75, 3.05) is 13.1 Å². The molecule has 0 saturated heterocycles. The van der Waals surface area contributed by atoms with Gasteiger partial charge in [0.1, 0.15) is 0 Å². The van der Waals surface area contributed by atoms with Crippen LogP contribution in [0.4, 0.5) is 0 Å². The maximum atomic E-state index is 9.79. The SMILES string of the molecule is CC(=O)C(C)=O.NCCCCCCN. The van der Waals surface area contributed by atoms with Crippen LogP contribution >= 0.6 is 0 Å². The van der Waals surface area contributed by atoms with E-state index in [1.54, 1.807) is 0 Å². The first kappa shape index (κ1) is 15.7. The molecule has 0 aromatic carbocycles. The number of nitrogens with two attached hydrogens (primary N) is 2. The van der Waals surface area contributed by atoms with Crippen LogP contribution in [0.1, 0.15) is 39.5 Å². The average Bonchev–Trinajstić information content (AvgIpc) is 2.13. The quantitative estimate of drug-likeness (QED) is 0.488. The van der Waals surface area contributed by atoms with Gasteiger partial charge in [0, 0.05) is 13.8 Å². The first-order valence-corrected chi connectivity index (χ1v) is 4.97. The van der Waals surface area contributed by atoms with E-state index in [0.29, 0.717) is 0 Å². The highest BCUT2D eigenvalue weighted by Crippen LogP contribution is 1.95. The molecule has 0 rings (SSSR count). The molecule has 0 spiro atoms. The molecular weight excluding hydrogens is 180 g/mol. The van der Waals surface area contributed by atoms with Gasteiger partial charge in [-0.05, 0) is 25.9 Å². The molecule has 0 atom stereocenters. The van der Waals surface area contributed by atoms with Crippen molar-refractivity contribution >= 4 is 11.6 Å². The van der Waals surface area contributed by atoms with Gasteiger partial charge in [-0.15, -0.1) is 0 Å². The summed E-state index contributed by atoms with van der Waals surface area (Å²) in [7, 11) is 0. The van der Waals surface area contributed by atoms with Gasteiger partial charge in [0.25, 0.3) is 0 Å². The third kappa shape index (κ3) is 17.4. The molecule has 0 amide bonds. The fourth-order valence-corrected chi connectivity index (χ4v) is 0.642. The highest BCUT2D eigenvalue weighted by molar-refractivity contribution is 6.35. The Morgan fingerprint density at radius 1 is 0.786 bits per heavy atom. The van der Waals surface area contributed by atoms with Crippen molar-refractivity contribution in [3.8, 4) is 0 Å². The minimum absolute atomic E-state index is 0.380. The standard InChI is InChI=1S/C6H16N2.C4H6O2/c7-5-3-1-2-4-6-8;1-3(5)4(2)6/h1-8H2;1-2H3. The normalized spacial score (nSPS) is 8.86. The predicted molar refractivity (Wildman–Crippen MR) is 57.9 cm³/mol. The van der Waals surface area contributed by atoms with Crippen molar-refractivity contribution in [2.24, 2.45) is 11.5 Å². The fourth-order valence-electron chi connectivity index (χ4n) is 0.642. The molecule has 0 aliphatic carbocycles. The largest absolute Gasteiger partial charge is 0.330 e. The smallest absolute Gasteiger partial charge is 0.195 e. The van der Waals surface area contributed by atoms with Crippen molar-refractivity contribution in [1.82, 2.24) is 0 Å². The Morgan fingerprint density at radius 3 is 1.21 bits per heavy atom. The number of ketones is 2. The lowest BCUT2D eigenvalue weighted by atomic mass is 10.2. The third-order valence-corrected chi connectivity index (χ3v) is 1.65. The van der Waals surface area contributed by atoms with E-state index in [9.17, 15) is 9.59 Å². The number of carbonyl (C=O) groups is 2. The third-order valence-electron chi connectivity index (χ3n) is 1.65. The van der Waals surface area contributed by atoms with Crippen molar-refractivity contribution in [3.63, 3.8) is 0 Å². The summed E-state index contributed by atoms with van der Waals surface area (Å²) in [4.78, 5) is 19.6. The number of hydrogen-bond donors (Lipinski definition) is 2. The molecule has 4 nitrogen and oxygen atoms in total. The van der Waals surface area contributed by atoms with Gasteiger partial charge in [-0.2, -0.15) is 0 Å². The molecule has 0 aliphatic heterocycles. The fraction of sp³-hybridized carbons (Fsp3) is 0.800. The zero-order valence-corrected chi connectivity index (χ0v) is 9.21. The zero-order valence-electron chi connectivity index (χ0n) is 9.21. The number of unbranched alkanes of at least 4 members (excludes halogenated alkanes) is 3. The summed E-state index contributed by atoms with van der Waals surface area (Å²) >= 11 is 0. The topological polar surface area (TPSA) is 86.2 Å². The van der Waals surface area contributed by atoms with Gasteiger partial charge < -0.3 is 11.5 Å². The molecule has 0 bridgehead atoms. The molecule has 14 heavy (non-hydrogen) atoms. The van der Waals surface area contributed by atoms with Crippen molar-refractivity contribution in [1.29, 1.82) is 0 Å². The van der Waals surface area contributed by atoms with Gasteiger partial charge in [0.2, 0.25) is 0 Å². The summed E-state index contributed by atoms with van der Waals surface area (Å²) in [6, 6.07) is 0. The Balaban J connectivity index is 0. The number of Topliss-reactive ketones (excluding diaryl/α,β-unsaturated/α-hetero) is 2. The second kappa shape index (κ2) is 12.3. The van der Waals surface area contributed by atoms with Crippen molar-refractivity contribution in [3.05, 3.63) is 0 Å². The van der Waals surface area contributed by atoms with Crippen molar-refractivity contribution < 1.29 is 9.59 Å². The molecule has 0 aromatic rings. The highest BCUT2D eigenvalue weighted by atomic mass is 16.2. The van der Waals surface area contributed by atoms with Gasteiger partial charge in [-0.25, -0.2) is 0 Å². The maximum absolute atomic E-state index is 9.79. The molecular formula is C10H22N2O2. The number of carbonyl (C=O) groups excluding carboxylic acids is 2. The first-order chi connectivity index (χ1) is 6.56. The van der Waals surface area contributed by atoms with Crippen molar-refractivity contribution in [2.45, 2.75) is 39.5 Å². The number of rotatable bonds is 6. The molecule has 0 saturated carbocycles. The van der Waals surface area contributed by atoms with Crippen LogP contribution in [0.3, 0.4) is 0 Å². The monoisotopic (exact) mass is 202 g/mol. The Morgan fingerprint density at radius 2 is 1.07 bits per heavy atom. The van der Waals surface area contributed by atoms with E-state index in [0.717, 1.165) is 25.9 Å². The van der Waals surface area contributed by atoms with Gasteiger partial charge in [0.05, 0.1) is 0 Å². The minimum atomic E-state index is -0.380. The predicted octanol–water partition coefficient (Wildman–Crippen LogP) is 0.629.